The van der Waals surface area contributed by atoms with Crippen LogP contribution in [0.4, 0.5) is 5.82 Å². The number of anilines is 1. The van der Waals surface area contributed by atoms with Crippen LogP contribution < -0.4 is 10.6 Å². The Hall–Kier alpha value is -2.01. The molecule has 4 N–H and O–H groups in total. The molecule has 3 aliphatic rings. The number of hydrogen-bond acceptors (Lipinski definition) is 3. The molecule has 5 nitrogen and oxygen atoms in total. The summed E-state index contributed by atoms with van der Waals surface area (Å²) in [5, 5.41) is 10.2. The maximum Gasteiger partial charge on any atom is 0.320 e. The molecule has 110 valence electrons. The third-order valence-electron chi connectivity index (χ3n) is 4.87. The fourth-order valence-corrected chi connectivity index (χ4v) is 3.77. The normalized spacial score (nSPS) is 19.0. The van der Waals surface area contributed by atoms with Crippen molar-refractivity contribution in [1.82, 2.24) is 4.98 Å². The summed E-state index contributed by atoms with van der Waals surface area (Å²) in [5.74, 6) is 0.964. The van der Waals surface area contributed by atoms with Crippen LogP contribution in [0.25, 0.3) is 10.9 Å². The van der Waals surface area contributed by atoms with E-state index >= 15 is 0 Å². The van der Waals surface area contributed by atoms with E-state index in [-0.39, 0.29) is 0 Å². The van der Waals surface area contributed by atoms with Crippen LogP contribution in [-0.4, -0.2) is 35.2 Å². The summed E-state index contributed by atoms with van der Waals surface area (Å²) < 4.78 is 0. The van der Waals surface area contributed by atoms with E-state index in [2.05, 4.69) is 22.0 Å². The number of nitrogens with zero attached hydrogens (tertiary/aromatic N) is 1. The van der Waals surface area contributed by atoms with Crippen LogP contribution in [0.2, 0.25) is 0 Å². The molecule has 1 aromatic heterocycles. The molecule has 0 aliphatic carbocycles. The number of carboxylic acids is 1. The molecule has 1 aromatic carbocycles. The van der Waals surface area contributed by atoms with Gasteiger partial charge in [-0.2, -0.15) is 0 Å². The number of hydrogen-bond donors (Lipinski definition) is 3. The van der Waals surface area contributed by atoms with E-state index in [1.54, 1.807) is 0 Å². The first-order valence-electron chi connectivity index (χ1n) is 7.51. The van der Waals surface area contributed by atoms with E-state index in [0.29, 0.717) is 12.3 Å². The molecule has 1 atom stereocenters. The lowest BCUT2D eigenvalue weighted by Gasteiger charge is -2.40. The second-order valence-corrected chi connectivity index (χ2v) is 6.18. The Balaban J connectivity index is 1.78. The number of carboxylic acid groups (broad SMARTS) is 1. The van der Waals surface area contributed by atoms with Crippen molar-refractivity contribution >= 4 is 22.7 Å². The SMILES string of the molecule is NC(Cc1ccc2[nH]c3c(c2c1)C1CCN3CC1)C(=O)O. The molecule has 21 heavy (non-hydrogen) atoms. The first kappa shape index (κ1) is 12.7. The van der Waals surface area contributed by atoms with Gasteiger partial charge in [0.05, 0.1) is 0 Å². The van der Waals surface area contributed by atoms with Crippen LogP contribution in [0.15, 0.2) is 18.2 Å². The topological polar surface area (TPSA) is 82.4 Å². The molecule has 5 rings (SSSR count). The number of carbonyl (C=O) groups is 1. The lowest BCUT2D eigenvalue weighted by atomic mass is 9.84. The molecule has 1 saturated heterocycles. The van der Waals surface area contributed by atoms with Crippen molar-refractivity contribution < 1.29 is 9.90 Å². The Morgan fingerprint density at radius 2 is 2.19 bits per heavy atom. The van der Waals surface area contributed by atoms with Crippen LogP contribution in [-0.2, 0) is 11.2 Å². The largest absolute Gasteiger partial charge is 0.480 e. The van der Waals surface area contributed by atoms with Crippen molar-refractivity contribution in [3.8, 4) is 0 Å². The van der Waals surface area contributed by atoms with Gasteiger partial charge in [-0.25, -0.2) is 0 Å². The van der Waals surface area contributed by atoms with Gasteiger partial charge >= 0.3 is 5.97 Å². The van der Waals surface area contributed by atoms with Gasteiger partial charge in [0.2, 0.25) is 0 Å². The fraction of sp³-hybridized carbons (Fsp3) is 0.438. The summed E-state index contributed by atoms with van der Waals surface area (Å²) in [6.07, 6.45) is 2.82. The highest BCUT2D eigenvalue weighted by Gasteiger charge is 2.33. The van der Waals surface area contributed by atoms with Crippen molar-refractivity contribution in [2.24, 2.45) is 5.73 Å². The number of aliphatic carboxylic acids is 1. The number of rotatable bonds is 3. The van der Waals surface area contributed by atoms with Crippen molar-refractivity contribution in [2.45, 2.75) is 31.2 Å². The summed E-state index contributed by atoms with van der Waals surface area (Å²) in [6, 6.07) is 5.31. The lowest BCUT2D eigenvalue weighted by molar-refractivity contribution is -0.138. The number of aromatic nitrogens is 1. The Morgan fingerprint density at radius 3 is 2.90 bits per heavy atom. The van der Waals surface area contributed by atoms with E-state index in [9.17, 15) is 4.79 Å². The van der Waals surface area contributed by atoms with Gasteiger partial charge in [-0.1, -0.05) is 6.07 Å². The van der Waals surface area contributed by atoms with E-state index in [1.165, 1.54) is 29.6 Å². The molecule has 1 unspecified atom stereocenters. The highest BCUT2D eigenvalue weighted by molar-refractivity contribution is 5.91. The van der Waals surface area contributed by atoms with E-state index < -0.39 is 12.0 Å². The van der Waals surface area contributed by atoms with Gasteiger partial charge in [0, 0.05) is 29.6 Å². The smallest absolute Gasteiger partial charge is 0.320 e. The fourth-order valence-electron chi connectivity index (χ4n) is 3.77. The molecule has 0 radical (unpaired) electrons. The molecule has 0 amide bonds. The number of piperidine rings is 1. The predicted molar refractivity (Wildman–Crippen MR) is 81.8 cm³/mol. The van der Waals surface area contributed by atoms with Gasteiger partial charge in [0.25, 0.3) is 0 Å². The minimum absolute atomic E-state index is 0.375. The molecule has 3 aliphatic heterocycles. The summed E-state index contributed by atoms with van der Waals surface area (Å²) in [5.41, 5.74) is 9.22. The standard InChI is InChI=1S/C16H19N3O2/c17-12(16(20)21)8-9-1-2-13-11(7-9)14-10-3-5-19(6-4-10)15(14)18-13/h1-2,7,10,12,18H,3-6,8,17H2,(H,20,21). The lowest BCUT2D eigenvalue weighted by Crippen LogP contribution is -2.38. The van der Waals surface area contributed by atoms with Gasteiger partial charge in [0.15, 0.2) is 0 Å². The number of aromatic amines is 1. The highest BCUT2D eigenvalue weighted by atomic mass is 16.4. The minimum Gasteiger partial charge on any atom is -0.480 e. The number of nitrogens with one attached hydrogen (secondary N) is 1. The first-order chi connectivity index (χ1) is 10.1. The summed E-state index contributed by atoms with van der Waals surface area (Å²) in [7, 11) is 0. The molecular weight excluding hydrogens is 266 g/mol. The quantitative estimate of drug-likeness (QED) is 0.803. The maximum atomic E-state index is 10.9. The predicted octanol–water partition coefficient (Wildman–Crippen LogP) is 1.82. The Bertz CT molecular complexity index is 714. The van der Waals surface area contributed by atoms with Gasteiger partial charge < -0.3 is 20.7 Å². The molecule has 0 saturated carbocycles. The van der Waals surface area contributed by atoms with Gasteiger partial charge in [-0.05, 0) is 42.9 Å². The van der Waals surface area contributed by atoms with Crippen LogP contribution in [0.5, 0.6) is 0 Å². The second kappa shape index (κ2) is 4.49. The van der Waals surface area contributed by atoms with E-state index in [1.807, 2.05) is 6.07 Å². The zero-order valence-electron chi connectivity index (χ0n) is 11.8. The van der Waals surface area contributed by atoms with Crippen molar-refractivity contribution in [3.63, 3.8) is 0 Å². The molecule has 2 aromatic rings. The van der Waals surface area contributed by atoms with E-state index in [4.69, 9.17) is 10.8 Å². The number of H-pyrrole nitrogens is 1. The molecule has 1 fully saturated rings. The molecule has 4 heterocycles. The van der Waals surface area contributed by atoms with E-state index in [0.717, 1.165) is 24.2 Å². The third-order valence-corrected chi connectivity index (χ3v) is 4.87. The Kier molecular flexibility index (Phi) is 2.72. The number of fused-ring (bicyclic) bond motifs is 3. The number of benzene rings is 1. The molecular formula is C16H19N3O2. The Morgan fingerprint density at radius 1 is 1.43 bits per heavy atom. The number of nitrogens with two attached hydrogens (primary N) is 1. The van der Waals surface area contributed by atoms with Crippen LogP contribution >= 0.6 is 0 Å². The average molecular weight is 285 g/mol. The van der Waals surface area contributed by atoms with Crippen LogP contribution in [0, 0.1) is 0 Å². The van der Waals surface area contributed by atoms with Crippen LogP contribution in [0.1, 0.15) is 29.9 Å². The average Bonchev–Trinajstić information content (AvgIpc) is 2.89. The summed E-state index contributed by atoms with van der Waals surface area (Å²) in [4.78, 5) is 16.9. The van der Waals surface area contributed by atoms with Gasteiger partial charge in [0.1, 0.15) is 11.9 Å². The third kappa shape index (κ3) is 1.92. The minimum atomic E-state index is -0.948. The first-order valence-corrected chi connectivity index (χ1v) is 7.51. The maximum absolute atomic E-state index is 10.9. The van der Waals surface area contributed by atoms with Crippen molar-refractivity contribution in [3.05, 3.63) is 29.3 Å². The van der Waals surface area contributed by atoms with Crippen molar-refractivity contribution in [2.75, 3.05) is 18.0 Å². The van der Waals surface area contributed by atoms with Crippen molar-refractivity contribution in [1.29, 1.82) is 0 Å². The summed E-state index contributed by atoms with van der Waals surface area (Å²) in [6.45, 7) is 2.28. The molecule has 0 spiro atoms. The second-order valence-electron chi connectivity index (χ2n) is 6.18. The summed E-state index contributed by atoms with van der Waals surface area (Å²) >= 11 is 0. The zero-order valence-corrected chi connectivity index (χ0v) is 11.8. The van der Waals surface area contributed by atoms with Gasteiger partial charge in [-0.15, -0.1) is 0 Å². The molecule has 5 heteroatoms. The monoisotopic (exact) mass is 285 g/mol. The Labute approximate surface area is 122 Å². The highest BCUT2D eigenvalue weighted by Crippen LogP contribution is 2.45. The zero-order chi connectivity index (χ0) is 14.6. The van der Waals surface area contributed by atoms with Crippen LogP contribution in [0.3, 0.4) is 0 Å². The molecule has 2 bridgehead atoms. The van der Waals surface area contributed by atoms with Gasteiger partial charge in [-0.3, -0.25) is 4.79 Å².